The van der Waals surface area contributed by atoms with Gasteiger partial charge in [0.15, 0.2) is 17.5 Å². The van der Waals surface area contributed by atoms with E-state index in [2.05, 4.69) is 158 Å². The molecule has 3 heteroatoms. The maximum Gasteiger partial charge on any atom is 0.164 e. The fourth-order valence-electron chi connectivity index (χ4n) is 7.64. The summed E-state index contributed by atoms with van der Waals surface area (Å²) in [6.45, 7) is 0. The molecule has 52 heavy (non-hydrogen) atoms. The molecule has 0 aliphatic carbocycles. The van der Waals surface area contributed by atoms with Gasteiger partial charge in [-0.2, -0.15) is 0 Å². The van der Waals surface area contributed by atoms with Crippen molar-refractivity contribution in [1.29, 1.82) is 0 Å². The van der Waals surface area contributed by atoms with Crippen LogP contribution < -0.4 is 0 Å². The topological polar surface area (TPSA) is 38.7 Å². The van der Waals surface area contributed by atoms with E-state index in [9.17, 15) is 0 Å². The maximum atomic E-state index is 5.10. The van der Waals surface area contributed by atoms with Crippen molar-refractivity contribution in [3.63, 3.8) is 0 Å². The summed E-state index contributed by atoms with van der Waals surface area (Å²) >= 11 is 0. The van der Waals surface area contributed by atoms with Crippen molar-refractivity contribution in [2.75, 3.05) is 0 Å². The van der Waals surface area contributed by atoms with Gasteiger partial charge in [-0.3, -0.25) is 0 Å². The van der Waals surface area contributed by atoms with Gasteiger partial charge < -0.3 is 0 Å². The third-order valence-electron chi connectivity index (χ3n) is 10.1. The number of hydrogen-bond acceptors (Lipinski definition) is 3. The van der Waals surface area contributed by atoms with Crippen LogP contribution in [0.15, 0.2) is 188 Å². The third kappa shape index (κ3) is 5.10. The lowest BCUT2D eigenvalue weighted by atomic mass is 9.85. The van der Waals surface area contributed by atoms with E-state index in [1.165, 1.54) is 49.0 Å². The minimum absolute atomic E-state index is 0.643. The molecule has 0 spiro atoms. The van der Waals surface area contributed by atoms with Crippen molar-refractivity contribution < 1.29 is 0 Å². The summed E-state index contributed by atoms with van der Waals surface area (Å²) in [7, 11) is 0. The maximum absolute atomic E-state index is 5.10. The summed E-state index contributed by atoms with van der Waals surface area (Å²) in [4.78, 5) is 15.1. The zero-order chi connectivity index (χ0) is 34.4. The van der Waals surface area contributed by atoms with Gasteiger partial charge in [0, 0.05) is 16.7 Å². The van der Waals surface area contributed by atoms with E-state index in [0.29, 0.717) is 17.5 Å². The molecule has 1 aromatic heterocycles. The number of benzene rings is 9. The van der Waals surface area contributed by atoms with Crippen molar-refractivity contribution in [3.05, 3.63) is 188 Å². The molecule has 1 heterocycles. The standard InChI is InChI=1S/C49H31N3/c1-2-15-35(16-3-1)47-50-48(52-49(51-47)44-24-12-18-33-14-6-7-19-39(33)44)36-28-26-34(27-29-36)45-40-20-8-10-22-42(40)46(43-23-11-9-21-41(43)45)38-30-25-32-13-4-5-17-37(32)31-38/h1-31H. The minimum Gasteiger partial charge on any atom is -0.208 e. The monoisotopic (exact) mass is 661 g/mol. The lowest BCUT2D eigenvalue weighted by Gasteiger charge is -2.18. The van der Waals surface area contributed by atoms with E-state index >= 15 is 0 Å². The molecule has 0 saturated heterocycles. The van der Waals surface area contributed by atoms with Crippen LogP contribution >= 0.6 is 0 Å². The van der Waals surface area contributed by atoms with Gasteiger partial charge in [0.05, 0.1) is 0 Å². The summed E-state index contributed by atoms with van der Waals surface area (Å²) in [6, 6.07) is 66.5. The van der Waals surface area contributed by atoms with Crippen molar-refractivity contribution in [1.82, 2.24) is 15.0 Å². The van der Waals surface area contributed by atoms with Gasteiger partial charge in [-0.25, -0.2) is 15.0 Å². The van der Waals surface area contributed by atoms with Crippen molar-refractivity contribution in [2.24, 2.45) is 0 Å². The molecule has 10 aromatic rings. The van der Waals surface area contributed by atoms with Gasteiger partial charge in [0.25, 0.3) is 0 Å². The Balaban J connectivity index is 1.14. The molecule has 0 radical (unpaired) electrons. The first-order valence-electron chi connectivity index (χ1n) is 17.6. The van der Waals surface area contributed by atoms with Crippen molar-refractivity contribution in [2.45, 2.75) is 0 Å². The SMILES string of the molecule is c1ccc(-c2nc(-c3ccc(-c4c5ccccc5c(-c5ccc6ccccc6c5)c5ccccc45)cc3)nc(-c3cccc4ccccc34)n2)cc1. The molecule has 10 rings (SSSR count). The first-order chi connectivity index (χ1) is 25.8. The first-order valence-corrected chi connectivity index (χ1v) is 17.6. The third-order valence-corrected chi connectivity index (χ3v) is 10.1. The molecule has 242 valence electrons. The molecule has 3 nitrogen and oxygen atoms in total. The summed E-state index contributed by atoms with van der Waals surface area (Å²) < 4.78 is 0. The average molecular weight is 662 g/mol. The van der Waals surface area contributed by atoms with E-state index < -0.39 is 0 Å². The van der Waals surface area contributed by atoms with Gasteiger partial charge in [-0.1, -0.05) is 182 Å². The van der Waals surface area contributed by atoms with Gasteiger partial charge in [-0.15, -0.1) is 0 Å². The summed E-state index contributed by atoms with van der Waals surface area (Å²) in [5, 5.41) is 9.67. The Labute approximate surface area is 301 Å². The summed E-state index contributed by atoms with van der Waals surface area (Å²) in [5.41, 5.74) is 7.73. The number of rotatable bonds is 5. The highest BCUT2D eigenvalue weighted by Crippen LogP contribution is 2.44. The predicted molar refractivity (Wildman–Crippen MR) is 217 cm³/mol. The second kappa shape index (κ2) is 12.4. The zero-order valence-electron chi connectivity index (χ0n) is 28.2. The van der Waals surface area contributed by atoms with E-state index in [-0.39, 0.29) is 0 Å². The molecule has 0 aliphatic rings. The highest BCUT2D eigenvalue weighted by molar-refractivity contribution is 6.21. The fraction of sp³-hybridized carbons (Fsp3) is 0. The molecule has 0 fully saturated rings. The Morgan fingerprint density at radius 2 is 0.692 bits per heavy atom. The Hall–Kier alpha value is -6.97. The molecule has 0 atom stereocenters. The number of aromatic nitrogens is 3. The van der Waals surface area contributed by atoms with Gasteiger partial charge >= 0.3 is 0 Å². The van der Waals surface area contributed by atoms with Crippen LogP contribution in [-0.4, -0.2) is 15.0 Å². The molecule has 9 aromatic carbocycles. The summed E-state index contributed by atoms with van der Waals surface area (Å²) in [5.74, 6) is 1.95. The van der Waals surface area contributed by atoms with Crippen molar-refractivity contribution in [3.8, 4) is 56.4 Å². The highest BCUT2D eigenvalue weighted by atomic mass is 15.0. The van der Waals surface area contributed by atoms with Crippen LogP contribution in [0.2, 0.25) is 0 Å². The molecular weight excluding hydrogens is 631 g/mol. The second-order valence-electron chi connectivity index (χ2n) is 13.2. The van der Waals surface area contributed by atoms with Crippen LogP contribution in [0.3, 0.4) is 0 Å². The number of hydrogen-bond donors (Lipinski definition) is 0. The molecular formula is C49H31N3. The molecule has 0 amide bonds. The minimum atomic E-state index is 0.643. The molecule has 0 N–H and O–H groups in total. The van der Waals surface area contributed by atoms with Gasteiger partial charge in [0.2, 0.25) is 0 Å². The van der Waals surface area contributed by atoms with Crippen LogP contribution in [0.25, 0.3) is 99.5 Å². The Kier molecular flexibility index (Phi) is 7.14. The Morgan fingerprint density at radius 3 is 1.35 bits per heavy atom. The van der Waals surface area contributed by atoms with Crippen molar-refractivity contribution >= 4 is 43.1 Å². The lowest BCUT2D eigenvalue weighted by molar-refractivity contribution is 1.08. The smallest absolute Gasteiger partial charge is 0.164 e. The van der Waals surface area contributed by atoms with Crippen LogP contribution in [0.5, 0.6) is 0 Å². The van der Waals surface area contributed by atoms with Gasteiger partial charge in [0.1, 0.15) is 0 Å². The Bertz CT molecular complexity index is 2890. The predicted octanol–water partition coefficient (Wildman–Crippen LogP) is 12.8. The number of fused-ring (bicyclic) bond motifs is 4. The largest absolute Gasteiger partial charge is 0.208 e. The molecule has 0 unspecified atom stereocenters. The fourth-order valence-corrected chi connectivity index (χ4v) is 7.64. The first kappa shape index (κ1) is 29.9. The van der Waals surface area contributed by atoms with E-state index in [1.807, 2.05) is 30.3 Å². The van der Waals surface area contributed by atoms with Crippen LogP contribution in [0.4, 0.5) is 0 Å². The van der Waals surface area contributed by atoms with E-state index in [0.717, 1.165) is 33.0 Å². The number of nitrogens with zero attached hydrogens (tertiary/aromatic N) is 3. The lowest BCUT2D eigenvalue weighted by Crippen LogP contribution is -2.00. The zero-order valence-corrected chi connectivity index (χ0v) is 28.2. The van der Waals surface area contributed by atoms with E-state index in [1.54, 1.807) is 0 Å². The quantitative estimate of drug-likeness (QED) is 0.172. The highest BCUT2D eigenvalue weighted by Gasteiger charge is 2.18. The van der Waals surface area contributed by atoms with Crippen LogP contribution in [-0.2, 0) is 0 Å². The van der Waals surface area contributed by atoms with Crippen LogP contribution in [0.1, 0.15) is 0 Å². The molecule has 0 saturated carbocycles. The van der Waals surface area contributed by atoms with Crippen LogP contribution in [0, 0.1) is 0 Å². The normalized spacial score (nSPS) is 11.5. The Morgan fingerprint density at radius 1 is 0.250 bits per heavy atom. The average Bonchev–Trinajstić information content (AvgIpc) is 3.22. The molecule has 0 bridgehead atoms. The van der Waals surface area contributed by atoms with Gasteiger partial charge in [-0.05, 0) is 71.4 Å². The van der Waals surface area contributed by atoms with E-state index in [4.69, 9.17) is 15.0 Å². The second-order valence-corrected chi connectivity index (χ2v) is 13.2. The summed E-state index contributed by atoms with van der Waals surface area (Å²) in [6.07, 6.45) is 0. The molecule has 0 aliphatic heterocycles.